The second-order valence-corrected chi connectivity index (χ2v) is 4.02. The first-order valence-corrected chi connectivity index (χ1v) is 4.42. The lowest BCUT2D eigenvalue weighted by Crippen LogP contribution is -3.00. The predicted octanol–water partition coefficient (Wildman–Crippen LogP) is -1.96. The number of nitrogens with zero attached hydrogens (tertiary/aromatic N) is 1. The molecule has 0 unspecified atom stereocenters. The molecule has 0 radical (unpaired) electrons. The summed E-state index contributed by atoms with van der Waals surface area (Å²) in [6.45, 7) is 3.09. The molecular weight excluding hydrogens is 234 g/mol. The van der Waals surface area contributed by atoms with E-state index in [2.05, 4.69) is 6.92 Å². The van der Waals surface area contributed by atoms with E-state index < -0.39 is 0 Å². The van der Waals surface area contributed by atoms with Crippen LogP contribution in [0.1, 0.15) is 19.8 Å². The average molecular weight is 254 g/mol. The maximum absolute atomic E-state index is 11.1. The first-order chi connectivity index (χ1) is 5.45. The molecule has 0 aliphatic rings. The number of unbranched alkanes of at least 4 members (excludes halogenated alkanes) is 1. The zero-order chi connectivity index (χ0) is 9.61. The predicted molar refractivity (Wildman–Crippen MR) is 48.8 cm³/mol. The highest BCUT2D eigenvalue weighted by molar-refractivity contribution is 5.70. The molecule has 0 atom stereocenters. The molecule has 0 spiro atoms. The maximum Gasteiger partial charge on any atom is 0.361 e. The lowest BCUT2D eigenvalue weighted by atomic mass is 10.4. The summed E-state index contributed by atoms with van der Waals surface area (Å²) in [6.07, 6.45) is 2.03. The van der Waals surface area contributed by atoms with Gasteiger partial charge >= 0.3 is 5.97 Å². The zero-order valence-corrected chi connectivity index (χ0v) is 10.6. The summed E-state index contributed by atoms with van der Waals surface area (Å²) in [6, 6.07) is 0. The maximum atomic E-state index is 11.1. The highest BCUT2D eigenvalue weighted by atomic mass is 79.9. The van der Waals surface area contributed by atoms with Crippen LogP contribution in [-0.2, 0) is 9.53 Å². The van der Waals surface area contributed by atoms with Crippen LogP contribution in [0, 0.1) is 0 Å². The Morgan fingerprint density at radius 1 is 1.31 bits per heavy atom. The lowest BCUT2D eigenvalue weighted by molar-refractivity contribution is -0.862. The molecule has 0 aromatic heterocycles. The van der Waals surface area contributed by atoms with Crippen molar-refractivity contribution < 1.29 is 31.0 Å². The van der Waals surface area contributed by atoms with Crippen LogP contribution in [0.2, 0.25) is 0 Å². The van der Waals surface area contributed by atoms with E-state index in [0.29, 0.717) is 17.6 Å². The number of hydrogen-bond donors (Lipinski definition) is 0. The normalized spacial score (nSPS) is 10.5. The summed E-state index contributed by atoms with van der Waals surface area (Å²) in [5.74, 6) is -0.101. The van der Waals surface area contributed by atoms with Crippen LogP contribution >= 0.6 is 0 Å². The molecule has 0 aromatic carbocycles. The van der Waals surface area contributed by atoms with Crippen LogP contribution < -0.4 is 17.0 Å². The highest BCUT2D eigenvalue weighted by Gasteiger charge is 2.14. The summed E-state index contributed by atoms with van der Waals surface area (Å²) in [5, 5.41) is 0. The molecule has 0 rings (SSSR count). The minimum atomic E-state index is -0.101. The standard InChI is InChI=1S/C9H20NO2.BrH/c1-5-6-7-12-9(11)8-10(2,3)4;/h5-8H2,1-4H3;1H/q+1;/p-1. The number of rotatable bonds is 5. The third-order valence-electron chi connectivity index (χ3n) is 1.36. The van der Waals surface area contributed by atoms with Gasteiger partial charge < -0.3 is 26.2 Å². The van der Waals surface area contributed by atoms with Crippen molar-refractivity contribution in [3.63, 3.8) is 0 Å². The number of carbonyl (C=O) groups excluding carboxylic acids is 1. The number of esters is 1. The number of quaternary nitrogens is 1. The summed E-state index contributed by atoms with van der Waals surface area (Å²) >= 11 is 0. The Morgan fingerprint density at radius 3 is 2.23 bits per heavy atom. The first kappa shape index (κ1) is 15.4. The molecule has 0 heterocycles. The van der Waals surface area contributed by atoms with Gasteiger partial charge in [-0.2, -0.15) is 0 Å². The van der Waals surface area contributed by atoms with E-state index in [9.17, 15) is 4.79 Å². The Labute approximate surface area is 91.4 Å². The largest absolute Gasteiger partial charge is 1.00 e. The minimum absolute atomic E-state index is 0. The number of carbonyl (C=O) groups is 1. The van der Waals surface area contributed by atoms with Gasteiger partial charge in [0, 0.05) is 0 Å². The van der Waals surface area contributed by atoms with Gasteiger partial charge in [-0.1, -0.05) is 13.3 Å². The van der Waals surface area contributed by atoms with Gasteiger partial charge in [-0.25, -0.2) is 4.79 Å². The van der Waals surface area contributed by atoms with Crippen molar-refractivity contribution in [2.45, 2.75) is 19.8 Å². The molecule has 0 saturated heterocycles. The second-order valence-electron chi connectivity index (χ2n) is 4.02. The molecular formula is C9H20BrNO2. The van der Waals surface area contributed by atoms with Crippen molar-refractivity contribution >= 4 is 5.97 Å². The fourth-order valence-electron chi connectivity index (χ4n) is 0.763. The number of likely N-dealkylation sites (N-methyl/N-ethyl adjacent to an activating group) is 1. The average Bonchev–Trinajstić information content (AvgIpc) is 1.84. The Bertz CT molecular complexity index is 143. The summed E-state index contributed by atoms with van der Waals surface area (Å²) in [7, 11) is 5.92. The minimum Gasteiger partial charge on any atom is -1.00 e. The summed E-state index contributed by atoms with van der Waals surface area (Å²) in [4.78, 5) is 11.1. The molecule has 4 heteroatoms. The Morgan fingerprint density at radius 2 is 1.85 bits per heavy atom. The number of ether oxygens (including phenoxy) is 1. The number of hydrogen-bond acceptors (Lipinski definition) is 2. The van der Waals surface area contributed by atoms with Gasteiger partial charge in [0.1, 0.15) is 0 Å². The fraction of sp³-hybridized carbons (Fsp3) is 0.889. The van der Waals surface area contributed by atoms with Crippen LogP contribution in [0.25, 0.3) is 0 Å². The smallest absolute Gasteiger partial charge is 0.361 e. The molecule has 0 saturated carbocycles. The van der Waals surface area contributed by atoms with Crippen molar-refractivity contribution in [3.05, 3.63) is 0 Å². The molecule has 3 nitrogen and oxygen atoms in total. The van der Waals surface area contributed by atoms with E-state index in [-0.39, 0.29) is 23.0 Å². The molecule has 0 N–H and O–H groups in total. The summed E-state index contributed by atoms with van der Waals surface area (Å²) < 4.78 is 5.63. The van der Waals surface area contributed by atoms with Crippen molar-refractivity contribution in [1.29, 1.82) is 0 Å². The van der Waals surface area contributed by atoms with Gasteiger partial charge in [-0.05, 0) is 6.42 Å². The molecule has 13 heavy (non-hydrogen) atoms. The van der Waals surface area contributed by atoms with E-state index in [4.69, 9.17) is 4.74 Å². The van der Waals surface area contributed by atoms with E-state index in [1.807, 2.05) is 21.1 Å². The second kappa shape index (κ2) is 7.33. The van der Waals surface area contributed by atoms with Gasteiger partial charge in [-0.15, -0.1) is 0 Å². The van der Waals surface area contributed by atoms with Gasteiger partial charge in [0.15, 0.2) is 6.54 Å². The van der Waals surface area contributed by atoms with Crippen LogP contribution in [0.3, 0.4) is 0 Å². The van der Waals surface area contributed by atoms with Gasteiger partial charge in [0.25, 0.3) is 0 Å². The van der Waals surface area contributed by atoms with Crippen molar-refractivity contribution in [2.75, 3.05) is 34.3 Å². The Hall–Kier alpha value is -0.0900. The monoisotopic (exact) mass is 253 g/mol. The molecule has 0 fully saturated rings. The molecule has 0 bridgehead atoms. The molecule has 0 amide bonds. The van der Waals surface area contributed by atoms with E-state index in [0.717, 1.165) is 12.8 Å². The van der Waals surface area contributed by atoms with E-state index in [1.54, 1.807) is 0 Å². The summed E-state index contributed by atoms with van der Waals surface area (Å²) in [5.41, 5.74) is 0. The van der Waals surface area contributed by atoms with Crippen molar-refractivity contribution in [2.24, 2.45) is 0 Å². The fourth-order valence-corrected chi connectivity index (χ4v) is 0.763. The van der Waals surface area contributed by atoms with Gasteiger partial charge in [-0.3, -0.25) is 0 Å². The third kappa shape index (κ3) is 11.9. The van der Waals surface area contributed by atoms with E-state index in [1.165, 1.54) is 0 Å². The third-order valence-corrected chi connectivity index (χ3v) is 1.36. The van der Waals surface area contributed by atoms with Crippen molar-refractivity contribution in [1.82, 2.24) is 0 Å². The Balaban J connectivity index is 0. The van der Waals surface area contributed by atoms with Crippen LogP contribution in [0.5, 0.6) is 0 Å². The first-order valence-electron chi connectivity index (χ1n) is 4.42. The lowest BCUT2D eigenvalue weighted by Gasteiger charge is -2.22. The molecule has 0 aliphatic heterocycles. The topological polar surface area (TPSA) is 26.3 Å². The number of halogens is 1. The van der Waals surface area contributed by atoms with Crippen LogP contribution in [0.15, 0.2) is 0 Å². The highest BCUT2D eigenvalue weighted by Crippen LogP contribution is 1.93. The van der Waals surface area contributed by atoms with Gasteiger partial charge in [0.05, 0.1) is 27.7 Å². The molecule has 0 aliphatic carbocycles. The van der Waals surface area contributed by atoms with Crippen LogP contribution in [0.4, 0.5) is 0 Å². The van der Waals surface area contributed by atoms with E-state index >= 15 is 0 Å². The Kier molecular flexibility index (Phi) is 8.67. The quantitative estimate of drug-likeness (QED) is 0.323. The van der Waals surface area contributed by atoms with Crippen LogP contribution in [-0.4, -0.2) is 44.7 Å². The molecule has 80 valence electrons. The molecule has 0 aromatic rings. The van der Waals surface area contributed by atoms with Gasteiger partial charge in [0.2, 0.25) is 0 Å². The SMILES string of the molecule is CCCCOC(=O)C[N+](C)(C)C.[Br-]. The zero-order valence-electron chi connectivity index (χ0n) is 8.97. The van der Waals surface area contributed by atoms with Crippen molar-refractivity contribution in [3.8, 4) is 0 Å².